The number of hydrogen-bond donors (Lipinski definition) is 2. The number of H-pyrrole nitrogens is 1. The van der Waals surface area contributed by atoms with E-state index in [2.05, 4.69) is 32.1 Å². The van der Waals surface area contributed by atoms with Crippen LogP contribution in [0.3, 0.4) is 0 Å². The van der Waals surface area contributed by atoms with Gasteiger partial charge in [-0.3, -0.25) is 0 Å². The number of aromatic amines is 1. The van der Waals surface area contributed by atoms with Gasteiger partial charge in [0.25, 0.3) is 0 Å². The second-order valence-corrected chi connectivity index (χ2v) is 7.61. The average Bonchev–Trinajstić information content (AvgIpc) is 2.94. The van der Waals surface area contributed by atoms with Gasteiger partial charge in [0, 0.05) is 26.2 Å². The van der Waals surface area contributed by atoms with Crippen molar-refractivity contribution < 1.29 is 0 Å². The van der Waals surface area contributed by atoms with Gasteiger partial charge in [-0.15, -0.1) is 0 Å². The lowest BCUT2D eigenvalue weighted by Gasteiger charge is -2.13. The highest BCUT2D eigenvalue weighted by Gasteiger charge is 2.17. The fourth-order valence-electron chi connectivity index (χ4n) is 2.48. The summed E-state index contributed by atoms with van der Waals surface area (Å²) in [4.78, 5) is 22.8. The molecule has 1 atom stereocenters. The average molecular weight is 369 g/mol. The first-order valence-electron chi connectivity index (χ1n) is 8.37. The molecule has 2 heterocycles. The summed E-state index contributed by atoms with van der Waals surface area (Å²) in [5, 5.41) is 0.848. The molecule has 3 N–H and O–H groups in total. The van der Waals surface area contributed by atoms with Crippen molar-refractivity contribution >= 4 is 23.7 Å². The minimum absolute atomic E-state index is 0.00544. The van der Waals surface area contributed by atoms with Crippen molar-refractivity contribution in [2.45, 2.75) is 30.7 Å². The molecule has 7 nitrogen and oxygen atoms in total. The molecule has 0 fully saturated rings. The third-order valence-electron chi connectivity index (χ3n) is 3.89. The molecule has 0 unspecified atom stereocenters. The van der Waals surface area contributed by atoms with Crippen LogP contribution < -0.4 is 10.6 Å². The second kappa shape index (κ2) is 7.74. The third-order valence-corrected chi connectivity index (χ3v) is 4.87. The molecule has 0 aliphatic rings. The summed E-state index contributed by atoms with van der Waals surface area (Å²) in [5.41, 5.74) is 9.19. The van der Waals surface area contributed by atoms with Crippen LogP contribution in [0.1, 0.15) is 34.9 Å². The zero-order chi connectivity index (χ0) is 18.7. The highest BCUT2D eigenvalue weighted by atomic mass is 32.2. The zero-order valence-electron chi connectivity index (χ0n) is 15.4. The number of imidazole rings is 1. The van der Waals surface area contributed by atoms with Crippen molar-refractivity contribution in [2.24, 2.45) is 0 Å². The Bertz CT molecular complexity index is 877. The topological polar surface area (TPSA) is 96.6 Å². The highest BCUT2D eigenvalue weighted by Crippen LogP contribution is 2.32. The normalized spacial score (nSPS) is 12.2. The highest BCUT2D eigenvalue weighted by molar-refractivity contribution is 7.99. The number of nitrogens with two attached hydrogens (primary N) is 1. The van der Waals surface area contributed by atoms with E-state index in [1.54, 1.807) is 11.8 Å². The monoisotopic (exact) mass is 369 g/mol. The van der Waals surface area contributed by atoms with Crippen LogP contribution in [-0.4, -0.2) is 39.0 Å². The maximum Gasteiger partial charge on any atom is 0.229 e. The Labute approximate surface area is 157 Å². The van der Waals surface area contributed by atoms with Crippen LogP contribution in [0, 0.1) is 6.92 Å². The lowest BCUT2D eigenvalue weighted by molar-refractivity contribution is 0.860. The number of rotatable bonds is 6. The van der Waals surface area contributed by atoms with Crippen molar-refractivity contribution in [1.29, 1.82) is 0 Å². The molecular weight excluding hydrogens is 346 g/mol. The van der Waals surface area contributed by atoms with Crippen LogP contribution in [0.5, 0.6) is 0 Å². The smallest absolute Gasteiger partial charge is 0.229 e. The number of benzene rings is 1. The van der Waals surface area contributed by atoms with E-state index in [0.717, 1.165) is 23.0 Å². The fraction of sp³-hybridized carbons (Fsp3) is 0.333. The van der Waals surface area contributed by atoms with Gasteiger partial charge < -0.3 is 15.6 Å². The summed E-state index contributed by atoms with van der Waals surface area (Å²) in [6.45, 7) is 4.08. The maximum absolute atomic E-state index is 5.82. The molecule has 0 aliphatic carbocycles. The SMILES string of the molecule is Cc1[nH]c(S[C@@H](C)c2nc(N)nc(N(C)C)n2)nc1Cc1ccccc1. The Hall–Kier alpha value is -2.61. The van der Waals surface area contributed by atoms with Crippen LogP contribution in [-0.2, 0) is 6.42 Å². The molecule has 0 spiro atoms. The van der Waals surface area contributed by atoms with Gasteiger partial charge in [-0.05, 0) is 19.4 Å². The molecule has 0 aliphatic heterocycles. The van der Waals surface area contributed by atoms with E-state index in [1.807, 2.05) is 51.0 Å². The summed E-state index contributed by atoms with van der Waals surface area (Å²) in [5.74, 6) is 1.43. The van der Waals surface area contributed by atoms with Gasteiger partial charge in [-0.2, -0.15) is 15.0 Å². The molecule has 2 aromatic heterocycles. The van der Waals surface area contributed by atoms with E-state index in [1.165, 1.54) is 5.56 Å². The zero-order valence-corrected chi connectivity index (χ0v) is 16.2. The number of nitrogens with one attached hydrogen (secondary N) is 1. The quantitative estimate of drug-likeness (QED) is 0.645. The predicted octanol–water partition coefficient (Wildman–Crippen LogP) is 3.00. The van der Waals surface area contributed by atoms with Gasteiger partial charge in [0.05, 0.1) is 10.9 Å². The molecule has 3 rings (SSSR count). The number of nitrogens with zero attached hydrogens (tertiary/aromatic N) is 5. The Morgan fingerprint density at radius 3 is 2.54 bits per heavy atom. The van der Waals surface area contributed by atoms with Crippen molar-refractivity contribution in [2.75, 3.05) is 24.7 Å². The summed E-state index contributed by atoms with van der Waals surface area (Å²) in [6.07, 6.45) is 0.807. The lowest BCUT2D eigenvalue weighted by Crippen LogP contribution is -2.16. The minimum Gasteiger partial charge on any atom is -0.368 e. The van der Waals surface area contributed by atoms with Gasteiger partial charge in [0.15, 0.2) is 5.16 Å². The Morgan fingerprint density at radius 1 is 1.12 bits per heavy atom. The minimum atomic E-state index is -0.00544. The van der Waals surface area contributed by atoms with Gasteiger partial charge in [-0.1, -0.05) is 42.1 Å². The second-order valence-electron chi connectivity index (χ2n) is 6.28. The first kappa shape index (κ1) is 18.2. The molecule has 0 saturated carbocycles. The molecule has 0 bridgehead atoms. The molecule has 0 saturated heterocycles. The molecular formula is C18H23N7S. The largest absolute Gasteiger partial charge is 0.368 e. The summed E-state index contributed by atoms with van der Waals surface area (Å²) >= 11 is 1.58. The molecule has 1 aromatic carbocycles. The fourth-order valence-corrected chi connectivity index (χ4v) is 3.40. The van der Waals surface area contributed by atoms with E-state index in [0.29, 0.717) is 11.8 Å². The molecule has 26 heavy (non-hydrogen) atoms. The third kappa shape index (κ3) is 4.32. The van der Waals surface area contributed by atoms with Gasteiger partial charge in [0.1, 0.15) is 5.82 Å². The Kier molecular flexibility index (Phi) is 5.41. The first-order valence-corrected chi connectivity index (χ1v) is 9.25. The van der Waals surface area contributed by atoms with Crippen molar-refractivity contribution in [3.05, 3.63) is 53.1 Å². The molecule has 0 amide bonds. The molecule has 8 heteroatoms. The summed E-state index contributed by atoms with van der Waals surface area (Å²) in [7, 11) is 3.75. The van der Waals surface area contributed by atoms with Gasteiger partial charge in [0.2, 0.25) is 11.9 Å². The number of anilines is 2. The van der Waals surface area contributed by atoms with Gasteiger partial charge >= 0.3 is 0 Å². The summed E-state index contributed by atoms with van der Waals surface area (Å²) < 4.78 is 0. The van der Waals surface area contributed by atoms with Crippen molar-refractivity contribution in [3.63, 3.8) is 0 Å². The van der Waals surface area contributed by atoms with E-state index < -0.39 is 0 Å². The molecule has 0 radical (unpaired) electrons. The first-order chi connectivity index (χ1) is 12.4. The number of thioether (sulfide) groups is 1. The Balaban J connectivity index is 1.76. The van der Waals surface area contributed by atoms with Crippen LogP contribution in [0.2, 0.25) is 0 Å². The maximum atomic E-state index is 5.82. The number of hydrogen-bond acceptors (Lipinski definition) is 7. The van der Waals surface area contributed by atoms with E-state index in [-0.39, 0.29) is 11.2 Å². The van der Waals surface area contributed by atoms with Crippen LogP contribution in [0.15, 0.2) is 35.5 Å². The van der Waals surface area contributed by atoms with Crippen LogP contribution in [0.25, 0.3) is 0 Å². The molecule has 3 aromatic rings. The van der Waals surface area contributed by atoms with E-state index >= 15 is 0 Å². The number of nitrogen functional groups attached to an aromatic ring is 1. The number of aryl methyl sites for hydroxylation is 1. The van der Waals surface area contributed by atoms with Crippen molar-refractivity contribution in [1.82, 2.24) is 24.9 Å². The van der Waals surface area contributed by atoms with Crippen LogP contribution in [0.4, 0.5) is 11.9 Å². The standard InChI is InChI=1S/C18H23N7S/c1-11-14(10-13-8-6-5-7-9-13)21-18(20-11)26-12(2)15-22-16(19)24-17(23-15)25(3)4/h5-9,12H,10H2,1-4H3,(H,20,21)(H2,19,22,23,24)/t12-/m0/s1. The van der Waals surface area contributed by atoms with E-state index in [9.17, 15) is 0 Å². The summed E-state index contributed by atoms with van der Waals surface area (Å²) in [6, 6.07) is 10.3. The van der Waals surface area contributed by atoms with Crippen LogP contribution >= 0.6 is 11.8 Å². The van der Waals surface area contributed by atoms with Crippen molar-refractivity contribution in [3.8, 4) is 0 Å². The molecule has 136 valence electrons. The number of aromatic nitrogens is 5. The van der Waals surface area contributed by atoms with Gasteiger partial charge in [-0.25, -0.2) is 4.98 Å². The predicted molar refractivity (Wildman–Crippen MR) is 105 cm³/mol. The Morgan fingerprint density at radius 2 is 1.85 bits per heavy atom. The lowest BCUT2D eigenvalue weighted by atomic mass is 10.1. The van der Waals surface area contributed by atoms with E-state index in [4.69, 9.17) is 10.7 Å².